The van der Waals surface area contributed by atoms with Gasteiger partial charge in [-0.1, -0.05) is 30.3 Å². The van der Waals surface area contributed by atoms with Crippen LogP contribution in [-0.4, -0.2) is 28.5 Å². The number of benzene rings is 2. The highest BCUT2D eigenvalue weighted by Crippen LogP contribution is 2.32. The quantitative estimate of drug-likeness (QED) is 0.811. The number of thioether (sulfide) groups is 1. The third kappa shape index (κ3) is 4.37. The van der Waals surface area contributed by atoms with Crippen LogP contribution in [0.1, 0.15) is 12.0 Å². The normalized spacial score (nSPS) is 15.6. The Morgan fingerprint density at radius 3 is 2.46 bits per heavy atom. The number of imide groups is 1. The Hall–Kier alpha value is -2.93. The molecule has 26 heavy (non-hydrogen) atoms. The van der Waals surface area contributed by atoms with Crippen LogP contribution in [0.4, 0.5) is 14.9 Å². The first-order valence-electron chi connectivity index (χ1n) is 7.89. The van der Waals surface area contributed by atoms with Crippen LogP contribution in [0.25, 0.3) is 6.08 Å². The van der Waals surface area contributed by atoms with Gasteiger partial charge in [0, 0.05) is 18.7 Å². The number of carbonyl (C=O) groups excluding carboxylic acids is 3. The van der Waals surface area contributed by atoms with E-state index in [-0.39, 0.29) is 18.9 Å². The van der Waals surface area contributed by atoms with Gasteiger partial charge in [-0.2, -0.15) is 0 Å². The van der Waals surface area contributed by atoms with E-state index in [0.29, 0.717) is 10.6 Å². The minimum Gasteiger partial charge on any atom is -0.326 e. The van der Waals surface area contributed by atoms with E-state index >= 15 is 0 Å². The van der Waals surface area contributed by atoms with E-state index in [0.717, 1.165) is 22.2 Å². The number of carbonyl (C=O) groups is 3. The van der Waals surface area contributed by atoms with Crippen molar-refractivity contribution in [1.29, 1.82) is 0 Å². The molecule has 1 aliphatic heterocycles. The lowest BCUT2D eigenvalue weighted by molar-refractivity contribution is -0.123. The third-order valence-electron chi connectivity index (χ3n) is 3.66. The molecule has 1 aliphatic rings. The number of nitrogens with zero attached hydrogens (tertiary/aromatic N) is 1. The SMILES string of the molecule is O=C(CCN1C(=O)S/C(=C\c2ccccc2)C1=O)Nc1ccc(F)cc1. The standard InChI is InChI=1S/C19H15FN2O3S/c20-14-6-8-15(9-7-14)21-17(23)10-11-22-18(24)16(26-19(22)25)12-13-4-2-1-3-5-13/h1-9,12H,10-11H2,(H,21,23)/b16-12-. The summed E-state index contributed by atoms with van der Waals surface area (Å²) in [4.78, 5) is 37.8. The molecular weight excluding hydrogens is 355 g/mol. The molecule has 0 atom stereocenters. The van der Waals surface area contributed by atoms with Gasteiger partial charge in [0.2, 0.25) is 5.91 Å². The number of rotatable bonds is 5. The zero-order chi connectivity index (χ0) is 18.5. The van der Waals surface area contributed by atoms with Crippen molar-refractivity contribution < 1.29 is 18.8 Å². The Morgan fingerprint density at radius 1 is 1.08 bits per heavy atom. The number of hydrogen-bond acceptors (Lipinski definition) is 4. The third-order valence-corrected chi connectivity index (χ3v) is 4.57. The second kappa shape index (κ2) is 7.97. The van der Waals surface area contributed by atoms with Crippen molar-refractivity contribution in [3.05, 3.63) is 70.9 Å². The fourth-order valence-electron chi connectivity index (χ4n) is 2.36. The molecule has 0 aromatic heterocycles. The molecule has 0 spiro atoms. The van der Waals surface area contributed by atoms with E-state index < -0.39 is 17.0 Å². The van der Waals surface area contributed by atoms with Gasteiger partial charge >= 0.3 is 0 Å². The highest BCUT2D eigenvalue weighted by molar-refractivity contribution is 8.18. The van der Waals surface area contributed by atoms with Crippen LogP contribution in [0, 0.1) is 5.82 Å². The number of amides is 3. The molecule has 2 aromatic rings. The molecule has 0 unspecified atom stereocenters. The highest BCUT2D eigenvalue weighted by Gasteiger charge is 2.34. The molecule has 7 heteroatoms. The summed E-state index contributed by atoms with van der Waals surface area (Å²) in [6.45, 7) is -0.0101. The molecule has 1 heterocycles. The maximum atomic E-state index is 12.9. The van der Waals surface area contributed by atoms with Gasteiger partial charge in [-0.25, -0.2) is 4.39 Å². The van der Waals surface area contributed by atoms with Gasteiger partial charge in [0.05, 0.1) is 4.91 Å². The first-order valence-corrected chi connectivity index (χ1v) is 8.70. The Kier molecular flexibility index (Phi) is 5.48. The zero-order valence-corrected chi connectivity index (χ0v) is 14.5. The molecule has 0 aliphatic carbocycles. The summed E-state index contributed by atoms with van der Waals surface area (Å²) in [5.41, 5.74) is 1.28. The topological polar surface area (TPSA) is 66.5 Å². The predicted octanol–water partition coefficient (Wildman–Crippen LogP) is 3.89. The van der Waals surface area contributed by atoms with E-state index in [9.17, 15) is 18.8 Å². The highest BCUT2D eigenvalue weighted by atomic mass is 32.2. The lowest BCUT2D eigenvalue weighted by Gasteiger charge is -2.12. The minimum absolute atomic E-state index is 0.0101. The van der Waals surface area contributed by atoms with Crippen molar-refractivity contribution >= 4 is 40.6 Å². The Morgan fingerprint density at radius 2 is 1.77 bits per heavy atom. The Bertz CT molecular complexity index is 866. The molecule has 3 rings (SSSR count). The van der Waals surface area contributed by atoms with Crippen molar-refractivity contribution in [1.82, 2.24) is 4.90 Å². The summed E-state index contributed by atoms with van der Waals surface area (Å²) in [7, 11) is 0. The summed E-state index contributed by atoms with van der Waals surface area (Å²) in [5.74, 6) is -1.16. The molecule has 0 radical (unpaired) electrons. The van der Waals surface area contributed by atoms with Crippen LogP contribution in [0.3, 0.4) is 0 Å². The summed E-state index contributed by atoms with van der Waals surface area (Å²) >= 11 is 0.859. The largest absolute Gasteiger partial charge is 0.326 e. The molecule has 0 saturated carbocycles. The molecule has 0 bridgehead atoms. The number of nitrogens with one attached hydrogen (secondary N) is 1. The lowest BCUT2D eigenvalue weighted by atomic mass is 10.2. The van der Waals surface area contributed by atoms with Gasteiger partial charge in [-0.3, -0.25) is 19.3 Å². The predicted molar refractivity (Wildman–Crippen MR) is 98.8 cm³/mol. The van der Waals surface area contributed by atoms with Crippen molar-refractivity contribution in [2.24, 2.45) is 0 Å². The van der Waals surface area contributed by atoms with Crippen molar-refractivity contribution in [2.75, 3.05) is 11.9 Å². The summed E-state index contributed by atoms with van der Waals surface area (Å²) in [6.07, 6.45) is 1.62. The van der Waals surface area contributed by atoms with Crippen molar-refractivity contribution in [2.45, 2.75) is 6.42 Å². The maximum absolute atomic E-state index is 12.9. The van der Waals surface area contributed by atoms with Crippen LogP contribution in [-0.2, 0) is 9.59 Å². The first-order chi connectivity index (χ1) is 12.5. The molecule has 1 saturated heterocycles. The average molecular weight is 370 g/mol. The molecule has 132 valence electrons. The average Bonchev–Trinajstić information content (AvgIpc) is 2.89. The molecule has 1 fully saturated rings. The summed E-state index contributed by atoms with van der Waals surface area (Å²) in [5, 5.41) is 2.20. The monoisotopic (exact) mass is 370 g/mol. The van der Waals surface area contributed by atoms with Crippen LogP contribution in [0.5, 0.6) is 0 Å². The smallest absolute Gasteiger partial charge is 0.293 e. The number of hydrogen-bond donors (Lipinski definition) is 1. The van der Waals surface area contributed by atoms with Gasteiger partial charge in [0.25, 0.3) is 11.1 Å². The van der Waals surface area contributed by atoms with E-state index in [1.54, 1.807) is 6.08 Å². The Balaban J connectivity index is 1.58. The molecule has 1 N–H and O–H groups in total. The Labute approximate surface area is 153 Å². The fraction of sp³-hybridized carbons (Fsp3) is 0.105. The van der Waals surface area contributed by atoms with Crippen LogP contribution in [0.15, 0.2) is 59.5 Å². The summed E-state index contributed by atoms with van der Waals surface area (Å²) in [6, 6.07) is 14.6. The van der Waals surface area contributed by atoms with Gasteiger partial charge in [0.1, 0.15) is 5.82 Å². The van der Waals surface area contributed by atoms with Gasteiger partial charge in [-0.15, -0.1) is 0 Å². The van der Waals surface area contributed by atoms with Crippen LogP contribution in [0.2, 0.25) is 0 Å². The molecule has 2 aromatic carbocycles. The van der Waals surface area contributed by atoms with E-state index in [4.69, 9.17) is 0 Å². The van der Waals surface area contributed by atoms with Crippen molar-refractivity contribution in [3.63, 3.8) is 0 Å². The van der Waals surface area contributed by atoms with Gasteiger partial charge in [0.15, 0.2) is 0 Å². The minimum atomic E-state index is -0.404. The molecular formula is C19H15FN2O3S. The van der Waals surface area contributed by atoms with E-state index in [2.05, 4.69) is 5.32 Å². The van der Waals surface area contributed by atoms with E-state index in [1.807, 2.05) is 30.3 Å². The van der Waals surface area contributed by atoms with E-state index in [1.165, 1.54) is 24.3 Å². The second-order valence-electron chi connectivity index (χ2n) is 5.55. The number of halogens is 1. The summed E-state index contributed by atoms with van der Waals surface area (Å²) < 4.78 is 12.9. The van der Waals surface area contributed by atoms with Gasteiger partial charge < -0.3 is 5.32 Å². The number of anilines is 1. The van der Waals surface area contributed by atoms with Gasteiger partial charge in [-0.05, 0) is 47.7 Å². The molecule has 5 nitrogen and oxygen atoms in total. The lowest BCUT2D eigenvalue weighted by Crippen LogP contribution is -2.31. The van der Waals surface area contributed by atoms with Crippen molar-refractivity contribution in [3.8, 4) is 0 Å². The van der Waals surface area contributed by atoms with Crippen LogP contribution < -0.4 is 5.32 Å². The maximum Gasteiger partial charge on any atom is 0.293 e. The first kappa shape index (κ1) is 17.9. The second-order valence-corrected chi connectivity index (χ2v) is 6.54. The molecule has 3 amide bonds. The van der Waals surface area contributed by atoms with Crippen LogP contribution >= 0.6 is 11.8 Å². The zero-order valence-electron chi connectivity index (χ0n) is 13.6. The fourth-order valence-corrected chi connectivity index (χ4v) is 3.23.